The molecule has 1 saturated heterocycles. The van der Waals surface area contributed by atoms with Crippen LogP contribution in [0.2, 0.25) is 0 Å². The van der Waals surface area contributed by atoms with Gasteiger partial charge in [-0.1, -0.05) is 0 Å². The van der Waals surface area contributed by atoms with Crippen LogP contribution in [0.4, 0.5) is 14.9 Å². The van der Waals surface area contributed by atoms with Crippen molar-refractivity contribution in [1.82, 2.24) is 10.3 Å². The molecule has 1 atom stereocenters. The van der Waals surface area contributed by atoms with Crippen LogP contribution in [-0.4, -0.2) is 42.5 Å². The smallest absolute Gasteiger partial charge is 0.414 e. The fourth-order valence-electron chi connectivity index (χ4n) is 2.47. The third kappa shape index (κ3) is 4.38. The molecule has 1 N–H and O–H groups in total. The molecular weight excluding hydrogens is 357 g/mol. The van der Waals surface area contributed by atoms with Crippen molar-refractivity contribution in [2.24, 2.45) is 0 Å². The summed E-state index contributed by atoms with van der Waals surface area (Å²) in [5.41, 5.74) is 0.680. The zero-order valence-electron chi connectivity index (χ0n) is 14.3. The van der Waals surface area contributed by atoms with E-state index in [-0.39, 0.29) is 30.6 Å². The molecule has 27 heavy (non-hydrogen) atoms. The van der Waals surface area contributed by atoms with Crippen LogP contribution in [0.1, 0.15) is 17.3 Å². The number of carbonyl (C=O) groups excluding carboxylic acids is 3. The van der Waals surface area contributed by atoms with E-state index in [0.717, 1.165) is 6.07 Å². The van der Waals surface area contributed by atoms with Gasteiger partial charge in [-0.15, -0.1) is 0 Å². The first-order valence-corrected chi connectivity index (χ1v) is 8.07. The molecule has 2 aromatic rings. The maximum absolute atomic E-state index is 14.4. The van der Waals surface area contributed by atoms with Gasteiger partial charge in [-0.05, 0) is 18.2 Å². The summed E-state index contributed by atoms with van der Waals surface area (Å²) in [6, 6.07) is 6.98. The minimum Gasteiger partial charge on any atom is -0.442 e. The van der Waals surface area contributed by atoms with Crippen LogP contribution in [0.3, 0.4) is 0 Å². The summed E-state index contributed by atoms with van der Waals surface area (Å²) in [5.74, 6) is -0.866. The lowest BCUT2D eigenvalue weighted by atomic mass is 10.2. The van der Waals surface area contributed by atoms with Crippen molar-refractivity contribution in [3.05, 3.63) is 47.9 Å². The Morgan fingerprint density at radius 1 is 1.44 bits per heavy atom. The van der Waals surface area contributed by atoms with Gasteiger partial charge in [-0.2, -0.15) is 0 Å². The molecule has 0 saturated carbocycles. The van der Waals surface area contributed by atoms with Crippen molar-refractivity contribution in [3.8, 4) is 11.6 Å². The molecule has 3 rings (SSSR count). The quantitative estimate of drug-likeness (QED) is 0.780. The Kier molecular flexibility index (Phi) is 5.30. The number of hydrogen-bond donors (Lipinski definition) is 1. The third-order valence-electron chi connectivity index (χ3n) is 3.79. The Hall–Kier alpha value is -3.49. The Labute approximate surface area is 153 Å². The van der Waals surface area contributed by atoms with E-state index in [2.05, 4.69) is 10.3 Å². The van der Waals surface area contributed by atoms with Gasteiger partial charge >= 0.3 is 6.09 Å². The number of benzene rings is 1. The summed E-state index contributed by atoms with van der Waals surface area (Å²) in [7, 11) is 0. The first-order chi connectivity index (χ1) is 13.0. The molecule has 0 spiro atoms. The second-order valence-corrected chi connectivity index (χ2v) is 5.82. The SMILES string of the molecule is CC(=O)NC[C@H]1CN(c2ccc(Oc3ccc(C=O)cn3)c(F)c2)C(=O)O1. The van der Waals surface area contributed by atoms with E-state index < -0.39 is 18.0 Å². The van der Waals surface area contributed by atoms with Crippen LogP contribution in [-0.2, 0) is 9.53 Å². The summed E-state index contributed by atoms with van der Waals surface area (Å²) in [6.07, 6.45) is 0.815. The fraction of sp³-hybridized carbons (Fsp3) is 0.222. The summed E-state index contributed by atoms with van der Waals surface area (Å²) in [6.45, 7) is 1.74. The molecule has 0 aliphatic carbocycles. The van der Waals surface area contributed by atoms with E-state index in [1.54, 1.807) is 0 Å². The monoisotopic (exact) mass is 373 g/mol. The molecule has 9 heteroatoms. The number of amides is 2. The second kappa shape index (κ2) is 7.81. The van der Waals surface area contributed by atoms with E-state index in [1.807, 2.05) is 0 Å². The Morgan fingerprint density at radius 2 is 2.26 bits per heavy atom. The molecule has 8 nitrogen and oxygen atoms in total. The largest absolute Gasteiger partial charge is 0.442 e. The van der Waals surface area contributed by atoms with Crippen LogP contribution >= 0.6 is 0 Å². The zero-order chi connectivity index (χ0) is 19.4. The predicted molar refractivity (Wildman–Crippen MR) is 92.4 cm³/mol. The molecule has 0 unspecified atom stereocenters. The van der Waals surface area contributed by atoms with E-state index in [4.69, 9.17) is 9.47 Å². The number of nitrogens with one attached hydrogen (secondary N) is 1. The molecule has 1 aliphatic rings. The van der Waals surface area contributed by atoms with Crippen molar-refractivity contribution in [2.45, 2.75) is 13.0 Å². The van der Waals surface area contributed by atoms with Crippen LogP contribution in [0.25, 0.3) is 0 Å². The van der Waals surface area contributed by atoms with Crippen LogP contribution in [0, 0.1) is 5.82 Å². The van der Waals surface area contributed by atoms with Gasteiger partial charge in [-0.25, -0.2) is 14.2 Å². The Bertz CT molecular complexity index is 872. The van der Waals surface area contributed by atoms with E-state index in [0.29, 0.717) is 17.5 Å². The number of pyridine rings is 1. The number of rotatable bonds is 6. The van der Waals surface area contributed by atoms with Crippen molar-refractivity contribution in [1.29, 1.82) is 0 Å². The first-order valence-electron chi connectivity index (χ1n) is 8.07. The average Bonchev–Trinajstić information content (AvgIpc) is 3.03. The van der Waals surface area contributed by atoms with Crippen LogP contribution in [0.5, 0.6) is 11.6 Å². The molecule has 1 fully saturated rings. The zero-order valence-corrected chi connectivity index (χ0v) is 14.3. The average molecular weight is 373 g/mol. The number of ether oxygens (including phenoxy) is 2. The lowest BCUT2D eigenvalue weighted by molar-refractivity contribution is -0.119. The molecular formula is C18H16FN3O5. The highest BCUT2D eigenvalue weighted by molar-refractivity contribution is 5.90. The normalized spacial score (nSPS) is 16.0. The van der Waals surface area contributed by atoms with Crippen LogP contribution < -0.4 is 15.0 Å². The minimum atomic E-state index is -0.688. The van der Waals surface area contributed by atoms with Crippen molar-refractivity contribution >= 4 is 24.0 Å². The maximum atomic E-state index is 14.4. The number of halogens is 1. The number of nitrogens with zero attached hydrogens (tertiary/aromatic N) is 2. The van der Waals surface area contributed by atoms with Crippen molar-refractivity contribution in [3.63, 3.8) is 0 Å². The van der Waals surface area contributed by atoms with Gasteiger partial charge in [0.25, 0.3) is 0 Å². The highest BCUT2D eigenvalue weighted by Gasteiger charge is 2.32. The van der Waals surface area contributed by atoms with Gasteiger partial charge in [-0.3, -0.25) is 14.5 Å². The van der Waals surface area contributed by atoms with Gasteiger partial charge in [0.15, 0.2) is 17.9 Å². The fourth-order valence-corrected chi connectivity index (χ4v) is 2.47. The van der Waals surface area contributed by atoms with E-state index >= 15 is 0 Å². The van der Waals surface area contributed by atoms with E-state index in [9.17, 15) is 18.8 Å². The van der Waals surface area contributed by atoms with Gasteiger partial charge < -0.3 is 14.8 Å². The number of aromatic nitrogens is 1. The molecule has 1 aromatic heterocycles. The standard InChI is InChI=1S/C18H16FN3O5/c1-11(24)20-8-14-9-22(18(25)26-14)13-3-4-16(15(19)6-13)27-17-5-2-12(10-23)7-21-17/h2-7,10,14H,8-9H2,1H3,(H,20,24)/t14-/m0/s1. The lowest BCUT2D eigenvalue weighted by Gasteiger charge is -2.14. The highest BCUT2D eigenvalue weighted by Crippen LogP contribution is 2.29. The summed E-state index contributed by atoms with van der Waals surface area (Å²) in [5, 5.41) is 2.57. The third-order valence-corrected chi connectivity index (χ3v) is 3.79. The van der Waals surface area contributed by atoms with Gasteiger partial charge in [0.1, 0.15) is 6.10 Å². The first kappa shape index (κ1) is 18.3. The number of hydrogen-bond acceptors (Lipinski definition) is 6. The summed E-state index contributed by atoms with van der Waals surface area (Å²) >= 11 is 0. The Morgan fingerprint density at radius 3 is 2.89 bits per heavy atom. The van der Waals surface area contributed by atoms with Crippen molar-refractivity contribution < 1.29 is 28.2 Å². The number of cyclic esters (lactones) is 1. The second-order valence-electron chi connectivity index (χ2n) is 5.82. The lowest BCUT2D eigenvalue weighted by Crippen LogP contribution is -2.33. The molecule has 2 heterocycles. The van der Waals surface area contributed by atoms with Gasteiger partial charge in [0.2, 0.25) is 11.8 Å². The summed E-state index contributed by atoms with van der Waals surface area (Å²) < 4.78 is 24.9. The number of anilines is 1. The molecule has 140 valence electrons. The molecule has 0 radical (unpaired) electrons. The van der Waals surface area contributed by atoms with Crippen molar-refractivity contribution in [2.75, 3.05) is 18.0 Å². The topological polar surface area (TPSA) is 97.8 Å². The number of aldehydes is 1. The highest BCUT2D eigenvalue weighted by atomic mass is 19.1. The molecule has 1 aromatic carbocycles. The molecule has 1 aliphatic heterocycles. The van der Waals surface area contributed by atoms with Gasteiger partial charge in [0.05, 0.1) is 18.8 Å². The maximum Gasteiger partial charge on any atom is 0.414 e. The van der Waals surface area contributed by atoms with Gasteiger partial charge in [0, 0.05) is 30.8 Å². The Balaban J connectivity index is 1.69. The number of carbonyl (C=O) groups is 3. The molecule has 2 amide bonds. The summed E-state index contributed by atoms with van der Waals surface area (Å²) in [4.78, 5) is 38.7. The predicted octanol–water partition coefficient (Wildman–Crippen LogP) is 2.29. The minimum absolute atomic E-state index is 0.0764. The van der Waals surface area contributed by atoms with Crippen LogP contribution in [0.15, 0.2) is 36.5 Å². The molecule has 0 bridgehead atoms. The van der Waals surface area contributed by atoms with E-state index in [1.165, 1.54) is 42.3 Å².